The van der Waals surface area contributed by atoms with Crippen LogP contribution in [0.15, 0.2) is 18.2 Å². The number of nitrogens with one attached hydrogen (secondary N) is 2. The van der Waals surface area contributed by atoms with E-state index >= 15 is 0 Å². The van der Waals surface area contributed by atoms with Gasteiger partial charge in [0, 0.05) is 5.02 Å². The van der Waals surface area contributed by atoms with Crippen LogP contribution in [0.3, 0.4) is 0 Å². The molecule has 0 saturated carbocycles. The Kier molecular flexibility index (Phi) is 7.65. The summed E-state index contributed by atoms with van der Waals surface area (Å²) in [6.07, 6.45) is 0.482. The average Bonchev–Trinajstić information content (AvgIpc) is 2.43. The highest BCUT2D eigenvalue weighted by Gasteiger charge is 2.23. The Labute approximate surface area is 140 Å². The molecule has 1 aromatic carbocycles. The van der Waals surface area contributed by atoms with E-state index in [0.717, 1.165) is 0 Å². The summed E-state index contributed by atoms with van der Waals surface area (Å²) >= 11 is 11.8. The van der Waals surface area contributed by atoms with Crippen molar-refractivity contribution in [1.29, 1.82) is 0 Å². The van der Waals surface area contributed by atoms with Gasteiger partial charge < -0.3 is 5.32 Å². The summed E-state index contributed by atoms with van der Waals surface area (Å²) < 4.78 is 0. The maximum absolute atomic E-state index is 12.3. The Hall–Kier alpha value is -1.30. The van der Waals surface area contributed by atoms with Crippen molar-refractivity contribution in [3.05, 3.63) is 33.8 Å². The van der Waals surface area contributed by atoms with Gasteiger partial charge in [-0.1, -0.05) is 37.0 Å². The van der Waals surface area contributed by atoms with Gasteiger partial charge in [-0.05, 0) is 37.5 Å². The third kappa shape index (κ3) is 5.83. The van der Waals surface area contributed by atoms with Gasteiger partial charge in [-0.3, -0.25) is 14.4 Å². The van der Waals surface area contributed by atoms with Crippen LogP contribution in [-0.2, 0) is 9.63 Å². The Morgan fingerprint density at radius 1 is 1.27 bits per heavy atom. The lowest BCUT2D eigenvalue weighted by atomic mass is 10.0. The van der Waals surface area contributed by atoms with Crippen LogP contribution < -0.4 is 10.8 Å². The third-order valence-corrected chi connectivity index (χ3v) is 3.37. The normalized spacial score (nSPS) is 12.1. The number of halogens is 2. The van der Waals surface area contributed by atoms with E-state index in [1.54, 1.807) is 13.0 Å². The highest BCUT2D eigenvalue weighted by atomic mass is 35.5. The van der Waals surface area contributed by atoms with Crippen molar-refractivity contribution in [1.82, 2.24) is 10.8 Å². The van der Waals surface area contributed by atoms with Crippen LogP contribution >= 0.6 is 23.2 Å². The van der Waals surface area contributed by atoms with Crippen LogP contribution in [0.25, 0.3) is 0 Å². The molecule has 0 heterocycles. The number of hydrogen-bond donors (Lipinski definition) is 2. The van der Waals surface area contributed by atoms with E-state index in [1.807, 2.05) is 13.8 Å². The molecule has 0 bridgehead atoms. The molecule has 22 heavy (non-hydrogen) atoms. The fourth-order valence-corrected chi connectivity index (χ4v) is 2.32. The molecule has 1 atom stereocenters. The Bertz CT molecular complexity index is 536. The summed E-state index contributed by atoms with van der Waals surface area (Å²) in [7, 11) is 0. The molecule has 0 aliphatic carbocycles. The van der Waals surface area contributed by atoms with Gasteiger partial charge in [0.05, 0.1) is 17.2 Å². The lowest BCUT2D eigenvalue weighted by molar-refractivity contribution is -0.135. The van der Waals surface area contributed by atoms with Crippen molar-refractivity contribution in [2.24, 2.45) is 5.92 Å². The topological polar surface area (TPSA) is 67.4 Å². The molecule has 0 aliphatic heterocycles. The molecule has 1 aromatic rings. The highest BCUT2D eigenvalue weighted by Crippen LogP contribution is 2.21. The van der Waals surface area contributed by atoms with Gasteiger partial charge in [-0.25, -0.2) is 5.48 Å². The molecule has 0 saturated heterocycles. The molecular weight excluding hydrogens is 327 g/mol. The monoisotopic (exact) mass is 346 g/mol. The largest absolute Gasteiger partial charge is 0.340 e. The fourth-order valence-electron chi connectivity index (χ4n) is 1.83. The molecule has 0 aromatic heterocycles. The first-order valence-corrected chi connectivity index (χ1v) is 7.78. The molecule has 0 aliphatic rings. The predicted octanol–water partition coefficient (Wildman–Crippen LogP) is 3.21. The maximum atomic E-state index is 12.3. The minimum Gasteiger partial charge on any atom is -0.340 e. The van der Waals surface area contributed by atoms with Crippen LogP contribution in [0.5, 0.6) is 0 Å². The molecule has 2 N–H and O–H groups in total. The van der Waals surface area contributed by atoms with Gasteiger partial charge in [0.2, 0.25) is 0 Å². The summed E-state index contributed by atoms with van der Waals surface area (Å²) in [5.41, 5.74) is 2.58. The summed E-state index contributed by atoms with van der Waals surface area (Å²) in [5.74, 6) is -0.605. The second-order valence-corrected chi connectivity index (χ2v) is 6.02. The number of rotatable bonds is 7. The van der Waals surface area contributed by atoms with E-state index in [9.17, 15) is 9.59 Å². The van der Waals surface area contributed by atoms with Crippen molar-refractivity contribution >= 4 is 35.0 Å². The second kappa shape index (κ2) is 8.98. The van der Waals surface area contributed by atoms with Crippen LogP contribution in [0, 0.1) is 5.92 Å². The molecule has 1 rings (SSSR count). The first-order chi connectivity index (χ1) is 10.3. The van der Waals surface area contributed by atoms with E-state index in [2.05, 4.69) is 10.8 Å². The minimum atomic E-state index is -0.703. The van der Waals surface area contributed by atoms with Gasteiger partial charge in [0.15, 0.2) is 0 Å². The zero-order chi connectivity index (χ0) is 16.7. The summed E-state index contributed by atoms with van der Waals surface area (Å²) in [6.45, 7) is 6.02. The van der Waals surface area contributed by atoms with E-state index in [0.29, 0.717) is 18.1 Å². The molecule has 122 valence electrons. The number of hydroxylamine groups is 1. The Morgan fingerprint density at radius 3 is 2.50 bits per heavy atom. The lowest BCUT2D eigenvalue weighted by Gasteiger charge is -2.20. The van der Waals surface area contributed by atoms with Gasteiger partial charge in [0.25, 0.3) is 11.8 Å². The van der Waals surface area contributed by atoms with Crippen molar-refractivity contribution in [3.8, 4) is 0 Å². The molecule has 5 nitrogen and oxygen atoms in total. The van der Waals surface area contributed by atoms with E-state index in [1.165, 1.54) is 12.1 Å². The van der Waals surface area contributed by atoms with Gasteiger partial charge in [0.1, 0.15) is 6.04 Å². The molecule has 2 amide bonds. The molecule has 0 spiro atoms. The first-order valence-electron chi connectivity index (χ1n) is 7.02. The number of carbonyl (C=O) groups excluding carboxylic acids is 2. The van der Waals surface area contributed by atoms with Gasteiger partial charge >= 0.3 is 0 Å². The quantitative estimate of drug-likeness (QED) is 0.745. The van der Waals surface area contributed by atoms with Crippen molar-refractivity contribution in [3.63, 3.8) is 0 Å². The summed E-state index contributed by atoms with van der Waals surface area (Å²) in [5, 5.41) is 3.35. The zero-order valence-corrected chi connectivity index (χ0v) is 14.3. The van der Waals surface area contributed by atoms with Crippen molar-refractivity contribution in [2.75, 3.05) is 6.61 Å². The molecular formula is C15H20Cl2N2O3. The van der Waals surface area contributed by atoms with Crippen LogP contribution in [0.2, 0.25) is 10.0 Å². The van der Waals surface area contributed by atoms with E-state index < -0.39 is 17.9 Å². The maximum Gasteiger partial charge on any atom is 0.266 e. The Balaban J connectivity index is 2.83. The molecule has 7 heteroatoms. The molecule has 1 unspecified atom stereocenters. The number of benzene rings is 1. The predicted molar refractivity (Wildman–Crippen MR) is 86.9 cm³/mol. The lowest BCUT2D eigenvalue weighted by Crippen LogP contribution is -2.47. The van der Waals surface area contributed by atoms with E-state index in [-0.39, 0.29) is 16.5 Å². The standard InChI is InChI=1S/C15H20Cl2N2O3/c1-4-22-19-15(21)13(7-9(2)3)18-14(20)11-6-5-10(16)8-12(11)17/h5-6,8-9,13H,4,7H2,1-3H3,(H,18,20)(H,19,21). The summed E-state index contributed by atoms with van der Waals surface area (Å²) in [6, 6.07) is 3.87. The Morgan fingerprint density at radius 2 is 1.95 bits per heavy atom. The van der Waals surface area contributed by atoms with E-state index in [4.69, 9.17) is 28.0 Å². The first kappa shape index (κ1) is 18.7. The number of amides is 2. The average molecular weight is 347 g/mol. The number of hydrogen-bond acceptors (Lipinski definition) is 3. The molecule has 0 radical (unpaired) electrons. The number of carbonyl (C=O) groups is 2. The third-order valence-electron chi connectivity index (χ3n) is 2.82. The SMILES string of the molecule is CCONC(=O)C(CC(C)C)NC(=O)c1ccc(Cl)cc1Cl. The van der Waals surface area contributed by atoms with Gasteiger partial charge in [-0.15, -0.1) is 0 Å². The van der Waals surface area contributed by atoms with Crippen molar-refractivity contribution in [2.45, 2.75) is 33.2 Å². The van der Waals surface area contributed by atoms with Crippen LogP contribution in [0.4, 0.5) is 0 Å². The van der Waals surface area contributed by atoms with Gasteiger partial charge in [-0.2, -0.15) is 0 Å². The smallest absolute Gasteiger partial charge is 0.266 e. The minimum absolute atomic E-state index is 0.221. The van der Waals surface area contributed by atoms with Crippen LogP contribution in [0.1, 0.15) is 37.6 Å². The van der Waals surface area contributed by atoms with Crippen LogP contribution in [-0.4, -0.2) is 24.5 Å². The second-order valence-electron chi connectivity index (χ2n) is 5.18. The zero-order valence-electron chi connectivity index (χ0n) is 12.8. The molecule has 0 fully saturated rings. The highest BCUT2D eigenvalue weighted by molar-refractivity contribution is 6.36. The van der Waals surface area contributed by atoms with Crippen molar-refractivity contribution < 1.29 is 14.4 Å². The summed E-state index contributed by atoms with van der Waals surface area (Å²) in [4.78, 5) is 29.2. The fraction of sp³-hybridized carbons (Fsp3) is 0.467.